The van der Waals surface area contributed by atoms with E-state index in [1.165, 1.54) is 17.3 Å². The minimum absolute atomic E-state index is 0.0434. The number of carbonyl (C=O) groups is 1. The summed E-state index contributed by atoms with van der Waals surface area (Å²) in [7, 11) is 0. The van der Waals surface area contributed by atoms with Gasteiger partial charge in [-0.15, -0.1) is 5.10 Å². The molecule has 0 spiro atoms. The van der Waals surface area contributed by atoms with Crippen LogP contribution in [-0.4, -0.2) is 26.8 Å². The van der Waals surface area contributed by atoms with Crippen molar-refractivity contribution in [1.29, 1.82) is 0 Å². The van der Waals surface area contributed by atoms with Gasteiger partial charge < -0.3 is 9.73 Å². The van der Waals surface area contributed by atoms with Crippen molar-refractivity contribution >= 4 is 23.5 Å². The zero-order valence-corrected chi connectivity index (χ0v) is 16.5. The second kappa shape index (κ2) is 6.67. The third-order valence-electron chi connectivity index (χ3n) is 5.42. The first kappa shape index (κ1) is 17.3. The number of anilines is 1. The average Bonchev–Trinajstić information content (AvgIpc) is 3.36. The van der Waals surface area contributed by atoms with Crippen molar-refractivity contribution in [2.75, 3.05) is 11.6 Å². The van der Waals surface area contributed by atoms with Crippen LogP contribution in [0.2, 0.25) is 0 Å². The minimum Gasteiger partial charge on any atom is -0.469 e. The van der Waals surface area contributed by atoms with Crippen LogP contribution in [0.25, 0.3) is 0 Å². The number of Topliss-reactive ketones (excluding diaryl/α,β-unsaturated/α-hetero) is 1. The highest BCUT2D eigenvalue weighted by Crippen LogP contribution is 2.44. The summed E-state index contributed by atoms with van der Waals surface area (Å²) >= 11 is 1.49. The van der Waals surface area contributed by atoms with E-state index < -0.39 is 0 Å². The predicted molar refractivity (Wildman–Crippen MR) is 107 cm³/mol. The monoisotopic (exact) mass is 392 g/mol. The molecular formula is C21H20N4O2S. The lowest BCUT2D eigenvalue weighted by Crippen LogP contribution is -2.33. The summed E-state index contributed by atoms with van der Waals surface area (Å²) in [5.41, 5.74) is 3.94. The largest absolute Gasteiger partial charge is 0.469 e. The number of aryl methyl sites for hydroxylation is 1. The van der Waals surface area contributed by atoms with Crippen molar-refractivity contribution in [3.8, 4) is 0 Å². The van der Waals surface area contributed by atoms with Gasteiger partial charge in [0.15, 0.2) is 5.78 Å². The van der Waals surface area contributed by atoms with E-state index in [1.54, 1.807) is 6.26 Å². The topological polar surface area (TPSA) is 73.0 Å². The van der Waals surface area contributed by atoms with E-state index >= 15 is 0 Å². The molecule has 1 aliphatic heterocycles. The number of ketones is 1. The van der Waals surface area contributed by atoms with Crippen molar-refractivity contribution in [2.45, 2.75) is 36.9 Å². The Hall–Kier alpha value is -2.80. The van der Waals surface area contributed by atoms with Gasteiger partial charge in [0.05, 0.1) is 6.26 Å². The maximum atomic E-state index is 13.3. The summed E-state index contributed by atoms with van der Waals surface area (Å²) in [5, 5.41) is 8.71. The highest BCUT2D eigenvalue weighted by atomic mass is 32.2. The lowest BCUT2D eigenvalue weighted by molar-refractivity contribution is -0.117. The van der Waals surface area contributed by atoms with Crippen LogP contribution in [0.3, 0.4) is 0 Å². The second-order valence-electron chi connectivity index (χ2n) is 7.24. The number of rotatable bonds is 3. The van der Waals surface area contributed by atoms with Crippen molar-refractivity contribution < 1.29 is 9.21 Å². The quantitative estimate of drug-likeness (QED) is 0.670. The summed E-state index contributed by atoms with van der Waals surface area (Å²) in [5.74, 6) is 1.71. The molecule has 28 heavy (non-hydrogen) atoms. The van der Waals surface area contributed by atoms with E-state index in [-0.39, 0.29) is 17.7 Å². The number of furan rings is 1. The molecule has 3 aromatic rings. The van der Waals surface area contributed by atoms with Gasteiger partial charge in [0.25, 0.3) is 0 Å². The maximum absolute atomic E-state index is 13.3. The Labute approximate surface area is 167 Å². The molecule has 0 unspecified atom stereocenters. The smallest absolute Gasteiger partial charge is 0.227 e. The predicted octanol–water partition coefficient (Wildman–Crippen LogP) is 4.32. The summed E-state index contributed by atoms with van der Waals surface area (Å²) in [6, 6.07) is 11.8. The van der Waals surface area contributed by atoms with Crippen LogP contribution in [0.4, 0.5) is 5.95 Å². The molecule has 3 heterocycles. The molecule has 0 radical (unpaired) electrons. The average molecular weight is 392 g/mol. The van der Waals surface area contributed by atoms with Gasteiger partial charge in [0.2, 0.25) is 11.1 Å². The molecule has 5 rings (SSSR count). The molecule has 6 nitrogen and oxygen atoms in total. The number of benzene rings is 1. The van der Waals surface area contributed by atoms with Crippen LogP contribution in [0.1, 0.15) is 41.7 Å². The van der Waals surface area contributed by atoms with E-state index in [9.17, 15) is 4.79 Å². The molecule has 2 aliphatic rings. The molecule has 0 amide bonds. The number of thioether (sulfide) groups is 1. The number of nitrogens with zero attached hydrogens (tertiary/aromatic N) is 3. The first-order valence-corrected chi connectivity index (χ1v) is 10.5. The molecule has 0 fully saturated rings. The van der Waals surface area contributed by atoms with E-state index in [2.05, 4.69) is 46.6 Å². The zero-order valence-electron chi connectivity index (χ0n) is 15.7. The Morgan fingerprint density at radius 1 is 1.21 bits per heavy atom. The third-order valence-corrected chi connectivity index (χ3v) is 5.96. The number of carbonyl (C=O) groups excluding carboxylic acids is 1. The SMILES string of the molecule is CSc1nc2n(n1)[C@H](c1ccc(C)cc1)C1=C(C[C@H](c3ccco3)CC1=O)N2. The lowest BCUT2D eigenvalue weighted by Gasteiger charge is -2.34. The standard InChI is InChI=1S/C21H20N4O2S/c1-12-5-7-13(8-6-12)19-18-15(22-20-23-21(28-2)24-25(19)20)10-14(11-16(18)26)17-4-3-9-27-17/h3-9,14,19H,10-11H2,1-2H3,(H,22,23,24)/t14-,19+/m0/s1. The highest BCUT2D eigenvalue weighted by Gasteiger charge is 2.40. The van der Waals surface area contributed by atoms with Crippen molar-refractivity contribution in [2.24, 2.45) is 0 Å². The molecule has 2 aromatic heterocycles. The number of hydrogen-bond acceptors (Lipinski definition) is 6. The molecule has 7 heteroatoms. The molecule has 1 aliphatic carbocycles. The lowest BCUT2D eigenvalue weighted by atomic mass is 9.79. The van der Waals surface area contributed by atoms with Crippen LogP contribution in [0.5, 0.6) is 0 Å². The molecule has 142 valence electrons. The van der Waals surface area contributed by atoms with Crippen LogP contribution in [-0.2, 0) is 4.79 Å². The maximum Gasteiger partial charge on any atom is 0.227 e. The molecule has 1 N–H and O–H groups in total. The fourth-order valence-electron chi connectivity index (χ4n) is 4.06. The van der Waals surface area contributed by atoms with Gasteiger partial charge in [0, 0.05) is 23.6 Å². The molecule has 0 bridgehead atoms. The zero-order chi connectivity index (χ0) is 19.3. The molecular weight excluding hydrogens is 372 g/mol. The first-order chi connectivity index (χ1) is 13.6. The van der Waals surface area contributed by atoms with Gasteiger partial charge in [0.1, 0.15) is 11.8 Å². The Morgan fingerprint density at radius 2 is 2.04 bits per heavy atom. The number of hydrogen-bond donors (Lipinski definition) is 1. The fraction of sp³-hybridized carbons (Fsp3) is 0.286. The summed E-state index contributed by atoms with van der Waals surface area (Å²) in [6.07, 6.45) is 4.77. The molecule has 0 saturated heterocycles. The van der Waals surface area contributed by atoms with Gasteiger partial charge >= 0.3 is 0 Å². The molecule has 0 saturated carbocycles. The number of fused-ring (bicyclic) bond motifs is 1. The van der Waals surface area contributed by atoms with Crippen molar-refractivity contribution in [1.82, 2.24) is 14.8 Å². The van der Waals surface area contributed by atoms with Crippen LogP contribution >= 0.6 is 11.8 Å². The van der Waals surface area contributed by atoms with Crippen LogP contribution < -0.4 is 5.32 Å². The van der Waals surface area contributed by atoms with E-state index in [1.807, 2.05) is 23.1 Å². The van der Waals surface area contributed by atoms with Gasteiger partial charge in [-0.3, -0.25) is 4.79 Å². The van der Waals surface area contributed by atoms with Gasteiger partial charge in [-0.25, -0.2) is 4.68 Å². The molecule has 1 aromatic carbocycles. The third kappa shape index (κ3) is 2.77. The van der Waals surface area contributed by atoms with Gasteiger partial charge in [-0.2, -0.15) is 4.98 Å². The Balaban J connectivity index is 1.63. The Bertz CT molecular complexity index is 1070. The van der Waals surface area contributed by atoms with Gasteiger partial charge in [-0.05, 0) is 37.3 Å². The minimum atomic E-state index is -0.259. The molecule has 2 atom stereocenters. The van der Waals surface area contributed by atoms with Gasteiger partial charge in [-0.1, -0.05) is 41.6 Å². The normalized spacial score (nSPS) is 21.3. The first-order valence-electron chi connectivity index (χ1n) is 9.28. The van der Waals surface area contributed by atoms with Crippen molar-refractivity contribution in [3.05, 3.63) is 70.8 Å². The Kier molecular flexibility index (Phi) is 4.12. The van der Waals surface area contributed by atoms with E-state index in [0.717, 1.165) is 29.0 Å². The van der Waals surface area contributed by atoms with Crippen LogP contribution in [0, 0.1) is 6.92 Å². The summed E-state index contributed by atoms with van der Waals surface area (Å²) in [6.45, 7) is 2.06. The highest BCUT2D eigenvalue weighted by molar-refractivity contribution is 7.98. The van der Waals surface area contributed by atoms with E-state index in [0.29, 0.717) is 17.5 Å². The fourth-order valence-corrected chi connectivity index (χ4v) is 4.41. The van der Waals surface area contributed by atoms with Crippen LogP contribution in [0.15, 0.2) is 63.5 Å². The number of allylic oxidation sites excluding steroid dienone is 2. The van der Waals surface area contributed by atoms with Crippen molar-refractivity contribution in [3.63, 3.8) is 0 Å². The van der Waals surface area contributed by atoms with E-state index in [4.69, 9.17) is 4.42 Å². The Morgan fingerprint density at radius 3 is 2.75 bits per heavy atom. The summed E-state index contributed by atoms with van der Waals surface area (Å²) in [4.78, 5) is 17.9. The number of nitrogens with one attached hydrogen (secondary N) is 1. The summed E-state index contributed by atoms with van der Waals surface area (Å²) < 4.78 is 7.43. The number of aromatic nitrogens is 3. The second-order valence-corrected chi connectivity index (χ2v) is 8.01.